The molecule has 1 atom stereocenters. The molecule has 0 aliphatic carbocycles. The minimum Gasteiger partial charge on any atom is -0.336 e. The number of nitrogens with one attached hydrogen (secondary N) is 1. The Morgan fingerprint density at radius 2 is 2.31 bits per heavy atom. The lowest BCUT2D eigenvalue weighted by Crippen LogP contribution is -2.37. The van der Waals surface area contributed by atoms with Gasteiger partial charge in [0.05, 0.1) is 6.33 Å². The smallest absolute Gasteiger partial charge is 0.0946 e. The minimum absolute atomic E-state index is 0.596. The number of aromatic nitrogens is 2. The maximum Gasteiger partial charge on any atom is 0.0946 e. The summed E-state index contributed by atoms with van der Waals surface area (Å²) in [7, 11) is 0. The highest BCUT2D eigenvalue weighted by atomic mass is 15.2. The second-order valence-corrected chi connectivity index (χ2v) is 4.91. The Balaban J connectivity index is 1.69. The van der Waals surface area contributed by atoms with Crippen LogP contribution < -0.4 is 5.32 Å². The van der Waals surface area contributed by atoms with Crippen molar-refractivity contribution in [1.82, 2.24) is 19.8 Å². The molecule has 1 aliphatic heterocycles. The number of hydrogen-bond donors (Lipinski definition) is 1. The zero-order valence-electron chi connectivity index (χ0n) is 10.3. The number of imidazole rings is 1. The minimum atomic E-state index is 0.596. The summed E-state index contributed by atoms with van der Waals surface area (Å²) in [5, 5.41) is 3.60. The van der Waals surface area contributed by atoms with E-state index < -0.39 is 0 Å². The number of hydrogen-bond acceptors (Lipinski definition) is 3. The second-order valence-electron chi connectivity index (χ2n) is 4.91. The van der Waals surface area contributed by atoms with Gasteiger partial charge in [0.2, 0.25) is 0 Å². The van der Waals surface area contributed by atoms with E-state index in [0.717, 1.165) is 13.1 Å². The van der Waals surface area contributed by atoms with Gasteiger partial charge in [0.15, 0.2) is 0 Å². The molecule has 1 aromatic heterocycles. The van der Waals surface area contributed by atoms with Crippen molar-refractivity contribution >= 4 is 0 Å². The van der Waals surface area contributed by atoms with E-state index in [1.54, 1.807) is 0 Å². The molecule has 1 aromatic rings. The zero-order chi connectivity index (χ0) is 11.4. The quantitative estimate of drug-likeness (QED) is 0.805. The molecule has 0 radical (unpaired) electrons. The molecule has 2 rings (SSSR count). The van der Waals surface area contributed by atoms with Gasteiger partial charge in [0.1, 0.15) is 0 Å². The summed E-state index contributed by atoms with van der Waals surface area (Å²) >= 11 is 0. The van der Waals surface area contributed by atoms with Gasteiger partial charge in [-0.15, -0.1) is 0 Å². The SMILES string of the molecule is CC(C)NC1CCN(CCn2ccnc2)C1. The fourth-order valence-corrected chi connectivity index (χ4v) is 2.32. The van der Waals surface area contributed by atoms with E-state index in [-0.39, 0.29) is 0 Å². The average Bonchev–Trinajstić information content (AvgIpc) is 2.84. The van der Waals surface area contributed by atoms with Crippen LogP contribution in [-0.4, -0.2) is 46.2 Å². The van der Waals surface area contributed by atoms with Gasteiger partial charge < -0.3 is 9.88 Å². The third kappa shape index (κ3) is 3.32. The van der Waals surface area contributed by atoms with Gasteiger partial charge >= 0.3 is 0 Å². The van der Waals surface area contributed by atoms with Crippen molar-refractivity contribution in [3.8, 4) is 0 Å². The van der Waals surface area contributed by atoms with E-state index in [0.29, 0.717) is 12.1 Å². The van der Waals surface area contributed by atoms with E-state index in [1.165, 1.54) is 19.5 Å². The van der Waals surface area contributed by atoms with Gasteiger partial charge in [0, 0.05) is 44.1 Å². The molecule has 0 spiro atoms. The fourth-order valence-electron chi connectivity index (χ4n) is 2.32. The average molecular weight is 222 g/mol. The van der Waals surface area contributed by atoms with Crippen LogP contribution in [0, 0.1) is 0 Å². The topological polar surface area (TPSA) is 33.1 Å². The number of rotatable bonds is 5. The van der Waals surface area contributed by atoms with Crippen LogP contribution in [-0.2, 0) is 6.54 Å². The zero-order valence-corrected chi connectivity index (χ0v) is 10.3. The number of likely N-dealkylation sites (tertiary alicyclic amines) is 1. The van der Waals surface area contributed by atoms with Crippen LogP contribution in [0.4, 0.5) is 0 Å². The van der Waals surface area contributed by atoms with Crippen LogP contribution in [0.15, 0.2) is 18.7 Å². The van der Waals surface area contributed by atoms with E-state index in [4.69, 9.17) is 0 Å². The number of nitrogens with zero attached hydrogens (tertiary/aromatic N) is 3. The molecule has 4 nitrogen and oxygen atoms in total. The largest absolute Gasteiger partial charge is 0.336 e. The van der Waals surface area contributed by atoms with Crippen LogP contribution in [0.3, 0.4) is 0 Å². The molecule has 4 heteroatoms. The predicted molar refractivity (Wildman–Crippen MR) is 65.3 cm³/mol. The van der Waals surface area contributed by atoms with E-state index in [2.05, 4.69) is 33.6 Å². The maximum absolute atomic E-state index is 4.05. The van der Waals surface area contributed by atoms with E-state index in [9.17, 15) is 0 Å². The molecule has 16 heavy (non-hydrogen) atoms. The van der Waals surface area contributed by atoms with Crippen molar-refractivity contribution in [2.75, 3.05) is 19.6 Å². The third-order valence-electron chi connectivity index (χ3n) is 3.08. The summed E-state index contributed by atoms with van der Waals surface area (Å²) in [6.45, 7) is 9.02. The molecule has 2 heterocycles. The van der Waals surface area contributed by atoms with Crippen molar-refractivity contribution in [2.24, 2.45) is 0 Å². The molecule has 0 bridgehead atoms. The van der Waals surface area contributed by atoms with Crippen LogP contribution in [0.5, 0.6) is 0 Å². The van der Waals surface area contributed by atoms with Crippen LogP contribution in [0.2, 0.25) is 0 Å². The monoisotopic (exact) mass is 222 g/mol. The van der Waals surface area contributed by atoms with Crippen molar-refractivity contribution in [1.29, 1.82) is 0 Å². The molecular formula is C12H22N4. The molecule has 1 fully saturated rings. The Kier molecular flexibility index (Phi) is 3.96. The maximum atomic E-state index is 4.05. The third-order valence-corrected chi connectivity index (χ3v) is 3.08. The Labute approximate surface area is 97.7 Å². The predicted octanol–water partition coefficient (Wildman–Crippen LogP) is 0.955. The standard InChI is InChI=1S/C12H22N4/c1-11(2)14-12-3-5-15(9-12)7-8-16-6-4-13-10-16/h4,6,10-12,14H,3,5,7-9H2,1-2H3. The van der Waals surface area contributed by atoms with Crippen molar-refractivity contribution in [2.45, 2.75) is 38.9 Å². The van der Waals surface area contributed by atoms with Gasteiger partial charge in [-0.05, 0) is 13.0 Å². The van der Waals surface area contributed by atoms with Crippen LogP contribution in [0.1, 0.15) is 20.3 Å². The second kappa shape index (κ2) is 5.46. The van der Waals surface area contributed by atoms with Crippen molar-refractivity contribution in [3.05, 3.63) is 18.7 Å². The van der Waals surface area contributed by atoms with Crippen molar-refractivity contribution in [3.63, 3.8) is 0 Å². The normalized spacial score (nSPS) is 22.1. The van der Waals surface area contributed by atoms with Gasteiger partial charge in [-0.25, -0.2) is 4.98 Å². The first-order chi connectivity index (χ1) is 7.74. The lowest BCUT2D eigenvalue weighted by molar-refractivity contribution is 0.310. The molecule has 1 N–H and O–H groups in total. The summed E-state index contributed by atoms with van der Waals surface area (Å²) in [5.41, 5.74) is 0. The first-order valence-corrected chi connectivity index (χ1v) is 6.18. The van der Waals surface area contributed by atoms with E-state index in [1.807, 2.05) is 18.7 Å². The lowest BCUT2D eigenvalue weighted by Gasteiger charge is -2.18. The molecule has 0 saturated carbocycles. The molecule has 1 aliphatic rings. The van der Waals surface area contributed by atoms with Gasteiger partial charge in [-0.3, -0.25) is 4.90 Å². The Hall–Kier alpha value is -0.870. The lowest BCUT2D eigenvalue weighted by atomic mass is 10.2. The highest BCUT2D eigenvalue weighted by Gasteiger charge is 2.21. The van der Waals surface area contributed by atoms with Gasteiger partial charge in [-0.2, -0.15) is 0 Å². The molecule has 1 unspecified atom stereocenters. The fraction of sp³-hybridized carbons (Fsp3) is 0.750. The summed E-state index contributed by atoms with van der Waals surface area (Å²) < 4.78 is 2.14. The van der Waals surface area contributed by atoms with Crippen LogP contribution in [0.25, 0.3) is 0 Å². The summed E-state index contributed by atoms with van der Waals surface area (Å²) in [6.07, 6.45) is 7.04. The summed E-state index contributed by atoms with van der Waals surface area (Å²) in [5.74, 6) is 0. The molecule has 90 valence electrons. The highest BCUT2D eigenvalue weighted by molar-refractivity contribution is 4.82. The molecule has 0 amide bonds. The highest BCUT2D eigenvalue weighted by Crippen LogP contribution is 2.09. The molecule has 1 saturated heterocycles. The Bertz CT molecular complexity index is 294. The Morgan fingerprint density at radius 3 is 3.00 bits per heavy atom. The van der Waals surface area contributed by atoms with Crippen LogP contribution >= 0.6 is 0 Å². The molecule has 0 aromatic carbocycles. The first-order valence-electron chi connectivity index (χ1n) is 6.18. The first kappa shape index (κ1) is 11.6. The van der Waals surface area contributed by atoms with Crippen molar-refractivity contribution < 1.29 is 0 Å². The summed E-state index contributed by atoms with van der Waals surface area (Å²) in [6, 6.07) is 1.28. The molecular weight excluding hydrogens is 200 g/mol. The summed E-state index contributed by atoms with van der Waals surface area (Å²) in [4.78, 5) is 6.58. The van der Waals surface area contributed by atoms with Gasteiger partial charge in [-0.1, -0.05) is 13.8 Å². The van der Waals surface area contributed by atoms with Gasteiger partial charge in [0.25, 0.3) is 0 Å². The van der Waals surface area contributed by atoms with E-state index >= 15 is 0 Å². The Morgan fingerprint density at radius 1 is 1.44 bits per heavy atom.